The number of aromatic nitrogens is 3. The van der Waals surface area contributed by atoms with Crippen LogP contribution in [-0.2, 0) is 6.54 Å². The summed E-state index contributed by atoms with van der Waals surface area (Å²) in [4.78, 5) is 12.8. The zero-order valence-corrected chi connectivity index (χ0v) is 15.1. The Morgan fingerprint density at radius 2 is 1.50 bits per heavy atom. The fourth-order valence-electron chi connectivity index (χ4n) is 2.57. The van der Waals surface area contributed by atoms with E-state index in [9.17, 15) is 0 Å². The molecule has 2 heterocycles. The SMILES string of the molecule is c1ccc(Oc2ccc(Nc3nccc(NCc4ccncc4)n3)cc2)cc1. The van der Waals surface area contributed by atoms with Gasteiger partial charge in [-0.15, -0.1) is 0 Å². The van der Waals surface area contributed by atoms with Gasteiger partial charge in [0.15, 0.2) is 0 Å². The Hall–Kier alpha value is -3.93. The van der Waals surface area contributed by atoms with Gasteiger partial charge in [0.05, 0.1) is 0 Å². The first-order valence-electron chi connectivity index (χ1n) is 8.91. The van der Waals surface area contributed by atoms with Crippen molar-refractivity contribution in [3.63, 3.8) is 0 Å². The van der Waals surface area contributed by atoms with Gasteiger partial charge in [-0.05, 0) is 60.2 Å². The van der Waals surface area contributed by atoms with Crippen molar-refractivity contribution in [2.45, 2.75) is 6.54 Å². The fourth-order valence-corrected chi connectivity index (χ4v) is 2.57. The first-order chi connectivity index (χ1) is 13.8. The van der Waals surface area contributed by atoms with Crippen LogP contribution in [0.2, 0.25) is 0 Å². The second-order valence-electron chi connectivity index (χ2n) is 6.04. The van der Waals surface area contributed by atoms with Gasteiger partial charge in [0.2, 0.25) is 5.95 Å². The number of hydrogen-bond donors (Lipinski definition) is 2. The van der Waals surface area contributed by atoms with Crippen molar-refractivity contribution in [1.29, 1.82) is 0 Å². The van der Waals surface area contributed by atoms with E-state index in [2.05, 4.69) is 25.6 Å². The summed E-state index contributed by atoms with van der Waals surface area (Å²) in [6.07, 6.45) is 5.27. The average molecular weight is 369 g/mol. The summed E-state index contributed by atoms with van der Waals surface area (Å²) in [7, 11) is 0. The van der Waals surface area contributed by atoms with Crippen LogP contribution in [0.25, 0.3) is 0 Å². The van der Waals surface area contributed by atoms with Crippen molar-refractivity contribution >= 4 is 17.5 Å². The second kappa shape index (κ2) is 8.64. The van der Waals surface area contributed by atoms with Crippen LogP contribution in [0.1, 0.15) is 5.56 Å². The summed E-state index contributed by atoms with van der Waals surface area (Å²) in [5, 5.41) is 6.49. The lowest BCUT2D eigenvalue weighted by atomic mass is 10.3. The van der Waals surface area contributed by atoms with Crippen LogP contribution in [0.5, 0.6) is 11.5 Å². The lowest BCUT2D eigenvalue weighted by Crippen LogP contribution is -2.04. The van der Waals surface area contributed by atoms with Crippen molar-refractivity contribution in [3.05, 3.63) is 97.0 Å². The molecule has 6 heteroatoms. The summed E-state index contributed by atoms with van der Waals surface area (Å²) < 4.78 is 5.80. The number of hydrogen-bond acceptors (Lipinski definition) is 6. The van der Waals surface area contributed by atoms with Crippen molar-refractivity contribution < 1.29 is 4.74 Å². The van der Waals surface area contributed by atoms with Crippen molar-refractivity contribution in [2.75, 3.05) is 10.6 Å². The van der Waals surface area contributed by atoms with E-state index in [1.165, 1.54) is 0 Å². The molecule has 0 radical (unpaired) electrons. The molecule has 0 saturated carbocycles. The standard InChI is InChI=1S/C22H19N5O/c1-2-4-19(5-3-1)28-20-8-6-18(7-9-20)26-22-24-15-12-21(27-22)25-16-17-10-13-23-14-11-17/h1-15H,16H2,(H2,24,25,26,27). The molecule has 0 spiro atoms. The van der Waals surface area contributed by atoms with Crippen LogP contribution >= 0.6 is 0 Å². The molecule has 2 aromatic carbocycles. The molecule has 0 atom stereocenters. The van der Waals surface area contributed by atoms with Crippen LogP contribution in [-0.4, -0.2) is 15.0 Å². The van der Waals surface area contributed by atoms with E-state index in [0.717, 1.165) is 28.6 Å². The Morgan fingerprint density at radius 3 is 2.29 bits per heavy atom. The first kappa shape index (κ1) is 17.5. The molecular weight excluding hydrogens is 350 g/mol. The largest absolute Gasteiger partial charge is 0.457 e. The van der Waals surface area contributed by atoms with E-state index in [1.807, 2.05) is 72.8 Å². The minimum atomic E-state index is 0.524. The number of nitrogens with zero attached hydrogens (tertiary/aromatic N) is 3. The summed E-state index contributed by atoms with van der Waals surface area (Å²) >= 11 is 0. The van der Waals surface area contributed by atoms with Crippen molar-refractivity contribution in [3.8, 4) is 11.5 Å². The summed E-state index contributed by atoms with van der Waals surface area (Å²) in [6.45, 7) is 0.671. The molecule has 138 valence electrons. The third kappa shape index (κ3) is 4.82. The Bertz CT molecular complexity index is 1010. The zero-order chi connectivity index (χ0) is 19.0. The molecule has 4 aromatic rings. The molecule has 0 saturated heterocycles. The zero-order valence-electron chi connectivity index (χ0n) is 15.1. The van der Waals surface area contributed by atoms with Crippen molar-refractivity contribution in [2.24, 2.45) is 0 Å². The van der Waals surface area contributed by atoms with E-state index >= 15 is 0 Å². The molecule has 0 fully saturated rings. The van der Waals surface area contributed by atoms with Crippen molar-refractivity contribution in [1.82, 2.24) is 15.0 Å². The normalized spacial score (nSPS) is 10.3. The van der Waals surface area contributed by atoms with Crippen LogP contribution in [0.4, 0.5) is 17.5 Å². The predicted octanol–water partition coefficient (Wildman–Crippen LogP) is 5.02. The highest BCUT2D eigenvalue weighted by Crippen LogP contribution is 2.23. The van der Waals surface area contributed by atoms with Gasteiger partial charge in [-0.1, -0.05) is 18.2 Å². The molecule has 0 bridgehead atoms. The number of rotatable bonds is 7. The molecule has 6 nitrogen and oxygen atoms in total. The molecule has 0 amide bonds. The maximum absolute atomic E-state index is 5.80. The summed E-state index contributed by atoms with van der Waals surface area (Å²) in [5.74, 6) is 2.85. The maximum atomic E-state index is 5.80. The second-order valence-corrected chi connectivity index (χ2v) is 6.04. The quantitative estimate of drug-likeness (QED) is 0.477. The smallest absolute Gasteiger partial charge is 0.229 e. The fraction of sp³-hybridized carbons (Fsp3) is 0.0455. The van der Waals surface area contributed by atoms with Gasteiger partial charge >= 0.3 is 0 Å². The van der Waals surface area contributed by atoms with Crippen LogP contribution in [0.3, 0.4) is 0 Å². The van der Waals surface area contributed by atoms with E-state index in [-0.39, 0.29) is 0 Å². The van der Waals surface area contributed by atoms with Gasteiger partial charge in [0.1, 0.15) is 17.3 Å². The van der Waals surface area contributed by atoms with E-state index in [4.69, 9.17) is 4.74 Å². The number of anilines is 3. The van der Waals surface area contributed by atoms with E-state index in [0.29, 0.717) is 12.5 Å². The van der Waals surface area contributed by atoms with E-state index in [1.54, 1.807) is 18.6 Å². The predicted molar refractivity (Wildman–Crippen MR) is 110 cm³/mol. The van der Waals surface area contributed by atoms with Gasteiger partial charge in [-0.2, -0.15) is 4.98 Å². The third-order valence-corrected chi connectivity index (χ3v) is 3.97. The highest BCUT2D eigenvalue weighted by Gasteiger charge is 2.02. The third-order valence-electron chi connectivity index (χ3n) is 3.97. The molecule has 2 N–H and O–H groups in total. The Balaban J connectivity index is 1.37. The minimum Gasteiger partial charge on any atom is -0.457 e. The number of benzene rings is 2. The highest BCUT2D eigenvalue weighted by molar-refractivity contribution is 5.56. The molecule has 4 rings (SSSR count). The van der Waals surface area contributed by atoms with Crippen LogP contribution in [0.15, 0.2) is 91.4 Å². The molecule has 28 heavy (non-hydrogen) atoms. The molecule has 0 aliphatic rings. The first-order valence-corrected chi connectivity index (χ1v) is 8.91. The Kier molecular flexibility index (Phi) is 5.39. The molecule has 2 aromatic heterocycles. The molecule has 0 aliphatic heterocycles. The number of nitrogens with one attached hydrogen (secondary N) is 2. The van der Waals surface area contributed by atoms with Gasteiger partial charge in [0, 0.05) is 30.8 Å². The topological polar surface area (TPSA) is 72.0 Å². The summed E-state index contributed by atoms with van der Waals surface area (Å²) in [6, 6.07) is 23.1. The molecule has 0 aliphatic carbocycles. The van der Waals surface area contributed by atoms with Gasteiger partial charge in [-0.25, -0.2) is 4.98 Å². The molecular formula is C22H19N5O. The van der Waals surface area contributed by atoms with Crippen LogP contribution < -0.4 is 15.4 Å². The lowest BCUT2D eigenvalue weighted by Gasteiger charge is -2.09. The average Bonchev–Trinajstić information content (AvgIpc) is 2.76. The van der Waals surface area contributed by atoms with Gasteiger partial charge < -0.3 is 15.4 Å². The minimum absolute atomic E-state index is 0.524. The van der Waals surface area contributed by atoms with Gasteiger partial charge in [0.25, 0.3) is 0 Å². The van der Waals surface area contributed by atoms with Crippen LogP contribution in [0, 0.1) is 0 Å². The van der Waals surface area contributed by atoms with E-state index < -0.39 is 0 Å². The van der Waals surface area contributed by atoms with Gasteiger partial charge in [-0.3, -0.25) is 4.98 Å². The lowest BCUT2D eigenvalue weighted by molar-refractivity contribution is 0.483. The number of para-hydroxylation sites is 1. The summed E-state index contributed by atoms with van der Waals surface area (Å²) in [5.41, 5.74) is 2.02. The Morgan fingerprint density at radius 1 is 0.750 bits per heavy atom. The highest BCUT2D eigenvalue weighted by atomic mass is 16.5. The monoisotopic (exact) mass is 369 g/mol. The molecule has 0 unspecified atom stereocenters. The maximum Gasteiger partial charge on any atom is 0.229 e. The number of pyridine rings is 1. The Labute approximate surface area is 163 Å². The number of ether oxygens (including phenoxy) is 1.